The van der Waals surface area contributed by atoms with Crippen LogP contribution in [0.4, 0.5) is 5.95 Å². The van der Waals surface area contributed by atoms with Gasteiger partial charge in [0, 0.05) is 31.5 Å². The molecule has 0 radical (unpaired) electrons. The minimum atomic E-state index is -0.429. The monoisotopic (exact) mass is 384 g/mol. The number of rotatable bonds is 4. The van der Waals surface area contributed by atoms with Crippen molar-refractivity contribution in [1.29, 1.82) is 0 Å². The van der Waals surface area contributed by atoms with Crippen LogP contribution in [0.3, 0.4) is 0 Å². The second-order valence-electron chi connectivity index (χ2n) is 6.13. The van der Waals surface area contributed by atoms with Crippen molar-refractivity contribution in [3.05, 3.63) is 40.7 Å². The number of benzene rings is 1. The molecule has 0 unspecified atom stereocenters. The number of hydrogen-bond acceptors (Lipinski definition) is 7. The number of hydrogen-bond donors (Lipinski definition) is 2. The molecule has 27 heavy (non-hydrogen) atoms. The van der Waals surface area contributed by atoms with Gasteiger partial charge in [0.2, 0.25) is 11.8 Å². The van der Waals surface area contributed by atoms with E-state index in [4.69, 9.17) is 4.74 Å². The van der Waals surface area contributed by atoms with E-state index in [1.54, 1.807) is 19.5 Å². The highest BCUT2D eigenvalue weighted by Crippen LogP contribution is 2.31. The first kappa shape index (κ1) is 17.2. The van der Waals surface area contributed by atoms with Crippen LogP contribution in [-0.4, -0.2) is 57.6 Å². The van der Waals surface area contributed by atoms with Crippen LogP contribution in [0.5, 0.6) is 5.75 Å². The van der Waals surface area contributed by atoms with Gasteiger partial charge in [-0.05, 0) is 23.8 Å². The Kier molecular flexibility index (Phi) is 4.32. The number of nitrogens with zero attached hydrogens (tertiary/aromatic N) is 4. The second-order valence-corrected chi connectivity index (χ2v) is 6.99. The Bertz CT molecular complexity index is 1030. The van der Waals surface area contributed by atoms with Crippen molar-refractivity contribution in [3.63, 3.8) is 0 Å². The third kappa shape index (κ3) is 3.38. The van der Waals surface area contributed by atoms with Crippen LogP contribution in [0.15, 0.2) is 23.6 Å². The van der Waals surface area contributed by atoms with Crippen molar-refractivity contribution in [2.45, 2.75) is 6.42 Å². The first-order valence-corrected chi connectivity index (χ1v) is 9.06. The molecule has 2 aromatic heterocycles. The van der Waals surface area contributed by atoms with Crippen molar-refractivity contribution >= 4 is 29.1 Å². The number of fused-ring (bicyclic) bond motifs is 1. The van der Waals surface area contributed by atoms with E-state index in [0.29, 0.717) is 6.61 Å². The molecule has 0 saturated heterocycles. The smallest absolute Gasteiger partial charge is 0.291 e. The van der Waals surface area contributed by atoms with Crippen molar-refractivity contribution < 1.29 is 14.3 Å². The van der Waals surface area contributed by atoms with Crippen LogP contribution in [0.1, 0.15) is 26.7 Å². The summed E-state index contributed by atoms with van der Waals surface area (Å²) in [5, 5.41) is 12.5. The van der Waals surface area contributed by atoms with Gasteiger partial charge < -0.3 is 14.6 Å². The van der Waals surface area contributed by atoms with Crippen LogP contribution in [-0.2, 0) is 6.42 Å². The topological polar surface area (TPSA) is 113 Å². The summed E-state index contributed by atoms with van der Waals surface area (Å²) in [4.78, 5) is 32.6. The van der Waals surface area contributed by atoms with E-state index in [1.807, 2.05) is 18.2 Å². The predicted molar refractivity (Wildman–Crippen MR) is 99.1 cm³/mol. The number of aromatic nitrogens is 4. The molecule has 4 rings (SSSR count). The third-order valence-corrected chi connectivity index (χ3v) is 4.89. The van der Waals surface area contributed by atoms with Crippen molar-refractivity contribution in [1.82, 2.24) is 25.1 Å². The predicted octanol–water partition coefficient (Wildman–Crippen LogP) is 1.82. The number of amides is 2. The highest BCUT2D eigenvalue weighted by Gasteiger charge is 2.18. The van der Waals surface area contributed by atoms with E-state index in [0.717, 1.165) is 28.3 Å². The number of ether oxygens (including phenoxy) is 1. The van der Waals surface area contributed by atoms with E-state index < -0.39 is 5.91 Å². The quantitative estimate of drug-likeness (QED) is 0.709. The zero-order chi connectivity index (χ0) is 19.0. The van der Waals surface area contributed by atoms with Gasteiger partial charge in [-0.1, -0.05) is 0 Å². The highest BCUT2D eigenvalue weighted by atomic mass is 32.1. The maximum absolute atomic E-state index is 12.4. The molecule has 3 heterocycles. The maximum atomic E-state index is 12.4. The van der Waals surface area contributed by atoms with E-state index >= 15 is 0 Å². The Morgan fingerprint density at radius 1 is 1.30 bits per heavy atom. The van der Waals surface area contributed by atoms with Crippen molar-refractivity contribution in [3.8, 4) is 16.3 Å². The van der Waals surface area contributed by atoms with E-state index in [-0.39, 0.29) is 23.4 Å². The highest BCUT2D eigenvalue weighted by molar-refractivity contribution is 7.13. The third-order valence-electron chi connectivity index (χ3n) is 4.00. The zero-order valence-electron chi connectivity index (χ0n) is 14.6. The summed E-state index contributed by atoms with van der Waals surface area (Å²) in [6, 6.07) is 5.90. The van der Waals surface area contributed by atoms with E-state index in [9.17, 15) is 9.59 Å². The number of aromatic amines is 1. The van der Waals surface area contributed by atoms with Gasteiger partial charge >= 0.3 is 0 Å². The fourth-order valence-electron chi connectivity index (χ4n) is 2.63. The molecule has 1 aromatic carbocycles. The second kappa shape index (κ2) is 6.80. The molecular weight excluding hydrogens is 368 g/mol. The Hall–Kier alpha value is -3.27. The Morgan fingerprint density at radius 2 is 2.15 bits per heavy atom. The molecule has 1 aliphatic heterocycles. The standard InChI is InChI=1S/C17H16N6O3S/c1-23(2)16(25)13-19-17(22-21-13)20-14(24)11-8-27-15(18-11)10-3-4-12-9(7-10)5-6-26-12/h3-4,7-8H,5-6H2,1-2H3,(H2,19,20,21,22,24). The lowest BCUT2D eigenvalue weighted by molar-refractivity contribution is 0.0816. The van der Waals surface area contributed by atoms with Gasteiger partial charge in [-0.25, -0.2) is 4.98 Å². The van der Waals surface area contributed by atoms with Gasteiger partial charge in [-0.15, -0.1) is 21.5 Å². The Balaban J connectivity index is 1.48. The zero-order valence-corrected chi connectivity index (χ0v) is 15.5. The molecule has 0 bridgehead atoms. The average Bonchev–Trinajstić information content (AvgIpc) is 3.40. The van der Waals surface area contributed by atoms with Gasteiger partial charge in [0.1, 0.15) is 16.5 Å². The Morgan fingerprint density at radius 3 is 2.96 bits per heavy atom. The summed E-state index contributed by atoms with van der Waals surface area (Å²) in [5.41, 5.74) is 2.36. The molecule has 1 aliphatic rings. The van der Waals surface area contributed by atoms with Crippen LogP contribution >= 0.6 is 11.3 Å². The average molecular weight is 384 g/mol. The molecule has 0 atom stereocenters. The molecule has 9 nitrogen and oxygen atoms in total. The van der Waals surface area contributed by atoms with Crippen LogP contribution in [0.25, 0.3) is 10.6 Å². The summed E-state index contributed by atoms with van der Waals surface area (Å²) in [5.74, 6) is 0.284. The van der Waals surface area contributed by atoms with Crippen LogP contribution < -0.4 is 10.1 Å². The van der Waals surface area contributed by atoms with Gasteiger partial charge in [-0.2, -0.15) is 0 Å². The number of carbonyl (C=O) groups is 2. The molecule has 0 fully saturated rings. The molecule has 0 aliphatic carbocycles. The van der Waals surface area contributed by atoms with E-state index in [2.05, 4.69) is 25.5 Å². The lowest BCUT2D eigenvalue weighted by Crippen LogP contribution is -2.23. The number of carbonyl (C=O) groups excluding carboxylic acids is 2. The largest absolute Gasteiger partial charge is 0.493 e. The fourth-order valence-corrected chi connectivity index (χ4v) is 3.43. The van der Waals surface area contributed by atoms with E-state index in [1.165, 1.54) is 16.2 Å². The van der Waals surface area contributed by atoms with Gasteiger partial charge in [0.15, 0.2) is 0 Å². The molecular formula is C17H16N6O3S. The van der Waals surface area contributed by atoms with Gasteiger partial charge in [0.05, 0.1) is 6.61 Å². The summed E-state index contributed by atoms with van der Waals surface area (Å²) in [7, 11) is 3.20. The minimum Gasteiger partial charge on any atom is -0.493 e. The van der Waals surface area contributed by atoms with Crippen molar-refractivity contribution in [2.75, 3.05) is 26.0 Å². The number of thiazole rings is 1. The first-order valence-electron chi connectivity index (χ1n) is 8.18. The summed E-state index contributed by atoms with van der Waals surface area (Å²) >= 11 is 1.38. The fraction of sp³-hybridized carbons (Fsp3) is 0.235. The lowest BCUT2D eigenvalue weighted by atomic mass is 10.1. The number of anilines is 1. The minimum absolute atomic E-state index is 0.0506. The summed E-state index contributed by atoms with van der Waals surface area (Å²) in [6.45, 7) is 0.694. The Labute approximate surface area is 158 Å². The lowest BCUT2D eigenvalue weighted by Gasteiger charge is -2.05. The molecule has 2 amide bonds. The molecule has 3 aromatic rings. The maximum Gasteiger partial charge on any atom is 0.291 e. The summed E-state index contributed by atoms with van der Waals surface area (Å²) < 4.78 is 5.51. The summed E-state index contributed by atoms with van der Waals surface area (Å²) in [6.07, 6.45) is 0.876. The normalized spacial score (nSPS) is 12.4. The van der Waals surface area contributed by atoms with Crippen LogP contribution in [0, 0.1) is 0 Å². The SMILES string of the molecule is CN(C)C(=O)c1nnc(NC(=O)c2csc(-c3ccc4c(c3)CCO4)n2)[nH]1. The van der Waals surface area contributed by atoms with Gasteiger partial charge in [0.25, 0.3) is 11.8 Å². The number of nitrogens with one attached hydrogen (secondary N) is 2. The first-order chi connectivity index (χ1) is 13.0. The molecule has 10 heteroatoms. The van der Waals surface area contributed by atoms with Crippen molar-refractivity contribution in [2.24, 2.45) is 0 Å². The molecule has 0 saturated carbocycles. The van der Waals surface area contributed by atoms with Crippen LogP contribution in [0.2, 0.25) is 0 Å². The molecule has 2 N–H and O–H groups in total. The van der Waals surface area contributed by atoms with Gasteiger partial charge in [-0.3, -0.25) is 14.9 Å². The number of H-pyrrole nitrogens is 1. The molecule has 0 spiro atoms. The molecule has 138 valence electrons.